The Kier molecular flexibility index (Phi) is 5.81. The molecule has 0 spiro atoms. The normalized spacial score (nSPS) is 10.4. The topological polar surface area (TPSA) is 66.9 Å². The molecule has 2 aromatic carbocycles. The van der Waals surface area contributed by atoms with Crippen LogP contribution in [0.2, 0.25) is 5.02 Å². The number of rotatable bonds is 6. The summed E-state index contributed by atoms with van der Waals surface area (Å²) in [5.74, 6) is 0.285. The first-order valence-corrected chi connectivity index (χ1v) is 8.73. The van der Waals surface area contributed by atoms with Gasteiger partial charge in [-0.1, -0.05) is 48.9 Å². The van der Waals surface area contributed by atoms with E-state index in [1.165, 1.54) is 18.0 Å². The van der Waals surface area contributed by atoms with Gasteiger partial charge >= 0.3 is 0 Å². The van der Waals surface area contributed by atoms with Gasteiger partial charge in [-0.2, -0.15) is 0 Å². The maximum atomic E-state index is 12.2. The van der Waals surface area contributed by atoms with E-state index in [9.17, 15) is 4.79 Å². The SMILES string of the molecule is CCc1ccc(Nc2cnc(C(=O)NCc3ccccc3Cl)cn2)cc1. The van der Waals surface area contributed by atoms with Crippen molar-refractivity contribution in [3.8, 4) is 0 Å². The largest absolute Gasteiger partial charge is 0.347 e. The summed E-state index contributed by atoms with van der Waals surface area (Å²) < 4.78 is 0. The molecule has 0 fully saturated rings. The molecule has 0 aliphatic rings. The lowest BCUT2D eigenvalue weighted by Gasteiger charge is -2.08. The maximum Gasteiger partial charge on any atom is 0.271 e. The van der Waals surface area contributed by atoms with Crippen molar-refractivity contribution < 1.29 is 4.79 Å². The van der Waals surface area contributed by atoms with Crippen LogP contribution >= 0.6 is 11.6 Å². The Morgan fingerprint density at radius 1 is 1.04 bits per heavy atom. The lowest BCUT2D eigenvalue weighted by molar-refractivity contribution is 0.0945. The maximum absolute atomic E-state index is 12.2. The smallest absolute Gasteiger partial charge is 0.271 e. The molecule has 6 heteroatoms. The van der Waals surface area contributed by atoms with Crippen molar-refractivity contribution in [1.82, 2.24) is 15.3 Å². The van der Waals surface area contributed by atoms with Crippen LogP contribution in [-0.4, -0.2) is 15.9 Å². The van der Waals surface area contributed by atoms with Crippen molar-refractivity contribution >= 4 is 29.0 Å². The van der Waals surface area contributed by atoms with E-state index in [1.807, 2.05) is 30.3 Å². The molecule has 1 heterocycles. The highest BCUT2D eigenvalue weighted by Gasteiger charge is 2.09. The van der Waals surface area contributed by atoms with Crippen molar-refractivity contribution in [2.24, 2.45) is 0 Å². The van der Waals surface area contributed by atoms with Gasteiger partial charge in [-0.25, -0.2) is 9.97 Å². The zero-order valence-electron chi connectivity index (χ0n) is 14.4. The minimum absolute atomic E-state index is 0.254. The molecule has 0 atom stereocenters. The second-order valence-electron chi connectivity index (χ2n) is 5.74. The molecule has 0 radical (unpaired) electrons. The van der Waals surface area contributed by atoms with Gasteiger partial charge in [-0.15, -0.1) is 0 Å². The molecular formula is C20H19ClN4O. The second-order valence-corrected chi connectivity index (χ2v) is 6.14. The minimum atomic E-state index is -0.295. The first-order valence-electron chi connectivity index (χ1n) is 8.35. The van der Waals surface area contributed by atoms with Gasteiger partial charge in [-0.3, -0.25) is 4.79 Å². The Labute approximate surface area is 157 Å². The molecule has 1 amide bonds. The third kappa shape index (κ3) is 4.58. The van der Waals surface area contributed by atoms with Gasteiger partial charge in [0.2, 0.25) is 0 Å². The highest BCUT2D eigenvalue weighted by Crippen LogP contribution is 2.16. The fourth-order valence-corrected chi connectivity index (χ4v) is 2.59. The fourth-order valence-electron chi connectivity index (χ4n) is 2.39. The summed E-state index contributed by atoms with van der Waals surface area (Å²) in [7, 11) is 0. The fraction of sp³-hybridized carbons (Fsp3) is 0.150. The summed E-state index contributed by atoms with van der Waals surface area (Å²) in [6, 6.07) is 15.5. The summed E-state index contributed by atoms with van der Waals surface area (Å²) in [6.07, 6.45) is 3.99. The van der Waals surface area contributed by atoms with Crippen molar-refractivity contribution in [3.05, 3.63) is 82.8 Å². The van der Waals surface area contributed by atoms with E-state index in [4.69, 9.17) is 11.6 Å². The average Bonchev–Trinajstić information content (AvgIpc) is 2.68. The van der Waals surface area contributed by atoms with E-state index in [-0.39, 0.29) is 11.6 Å². The molecule has 132 valence electrons. The van der Waals surface area contributed by atoms with Gasteiger partial charge < -0.3 is 10.6 Å². The summed E-state index contributed by atoms with van der Waals surface area (Å²) >= 11 is 6.08. The predicted molar refractivity (Wildman–Crippen MR) is 104 cm³/mol. The number of halogens is 1. The molecular weight excluding hydrogens is 348 g/mol. The van der Waals surface area contributed by atoms with Crippen molar-refractivity contribution in [2.75, 3.05) is 5.32 Å². The number of aromatic nitrogens is 2. The minimum Gasteiger partial charge on any atom is -0.347 e. The first kappa shape index (κ1) is 17.9. The van der Waals surface area contributed by atoms with Gasteiger partial charge in [0, 0.05) is 17.3 Å². The van der Waals surface area contributed by atoms with E-state index in [0.29, 0.717) is 17.4 Å². The number of amides is 1. The Morgan fingerprint density at radius 2 is 1.81 bits per heavy atom. The molecule has 0 saturated carbocycles. The van der Waals surface area contributed by atoms with E-state index in [2.05, 4.69) is 39.7 Å². The van der Waals surface area contributed by atoms with Crippen LogP contribution in [0.4, 0.5) is 11.5 Å². The van der Waals surface area contributed by atoms with E-state index < -0.39 is 0 Å². The number of carbonyl (C=O) groups excluding carboxylic acids is 1. The summed E-state index contributed by atoms with van der Waals surface area (Å²) in [5, 5.41) is 6.57. The number of anilines is 2. The molecule has 3 rings (SSSR count). The zero-order chi connectivity index (χ0) is 18.4. The average molecular weight is 367 g/mol. The molecule has 5 nitrogen and oxygen atoms in total. The number of hydrogen-bond acceptors (Lipinski definition) is 4. The Morgan fingerprint density at radius 3 is 2.46 bits per heavy atom. The first-order chi connectivity index (χ1) is 12.7. The van der Waals surface area contributed by atoms with E-state index >= 15 is 0 Å². The number of nitrogens with one attached hydrogen (secondary N) is 2. The van der Waals surface area contributed by atoms with Crippen molar-refractivity contribution in [1.29, 1.82) is 0 Å². The Bertz CT molecular complexity index is 879. The number of nitrogens with zero attached hydrogens (tertiary/aromatic N) is 2. The highest BCUT2D eigenvalue weighted by molar-refractivity contribution is 6.31. The monoisotopic (exact) mass is 366 g/mol. The number of carbonyl (C=O) groups is 1. The third-order valence-corrected chi connectivity index (χ3v) is 4.29. The van der Waals surface area contributed by atoms with Gasteiger partial charge in [0.25, 0.3) is 5.91 Å². The van der Waals surface area contributed by atoms with Gasteiger partial charge in [0.05, 0.1) is 12.4 Å². The van der Waals surface area contributed by atoms with Crippen molar-refractivity contribution in [2.45, 2.75) is 19.9 Å². The van der Waals surface area contributed by atoms with Crippen LogP contribution in [0, 0.1) is 0 Å². The second kappa shape index (κ2) is 8.45. The number of aryl methyl sites for hydroxylation is 1. The Balaban J connectivity index is 1.59. The Hall–Kier alpha value is -2.92. The van der Waals surface area contributed by atoms with Gasteiger partial charge in [0.1, 0.15) is 11.5 Å². The molecule has 0 saturated heterocycles. The van der Waals surface area contributed by atoms with Crippen LogP contribution < -0.4 is 10.6 Å². The molecule has 1 aromatic heterocycles. The number of benzene rings is 2. The molecule has 0 aliphatic carbocycles. The van der Waals surface area contributed by atoms with Gasteiger partial charge in [-0.05, 0) is 35.7 Å². The molecule has 3 aromatic rings. The van der Waals surface area contributed by atoms with E-state index in [0.717, 1.165) is 17.7 Å². The molecule has 0 unspecified atom stereocenters. The lowest BCUT2D eigenvalue weighted by atomic mass is 10.1. The highest BCUT2D eigenvalue weighted by atomic mass is 35.5. The summed E-state index contributed by atoms with van der Waals surface area (Å²) in [6.45, 7) is 2.45. The summed E-state index contributed by atoms with van der Waals surface area (Å²) in [5.41, 5.74) is 3.30. The van der Waals surface area contributed by atoms with Crippen LogP contribution in [0.3, 0.4) is 0 Å². The van der Waals surface area contributed by atoms with Crippen LogP contribution in [0.15, 0.2) is 60.9 Å². The zero-order valence-corrected chi connectivity index (χ0v) is 15.1. The molecule has 0 aliphatic heterocycles. The van der Waals surface area contributed by atoms with Crippen molar-refractivity contribution in [3.63, 3.8) is 0 Å². The molecule has 0 bridgehead atoms. The standard InChI is InChI=1S/C20H19ClN4O/c1-2-14-7-9-16(10-8-14)25-19-13-22-18(12-23-19)20(26)24-11-15-5-3-4-6-17(15)21/h3-10,12-13H,2,11H2,1H3,(H,23,25)(H,24,26). The quantitative estimate of drug-likeness (QED) is 0.680. The van der Waals surface area contributed by atoms with Crippen LogP contribution in [0.1, 0.15) is 28.5 Å². The van der Waals surface area contributed by atoms with E-state index in [1.54, 1.807) is 6.07 Å². The lowest BCUT2D eigenvalue weighted by Crippen LogP contribution is -2.24. The van der Waals surface area contributed by atoms with Crippen LogP contribution in [0.25, 0.3) is 0 Å². The molecule has 26 heavy (non-hydrogen) atoms. The summed E-state index contributed by atoms with van der Waals surface area (Å²) in [4.78, 5) is 20.6. The van der Waals surface area contributed by atoms with Crippen LogP contribution in [0.5, 0.6) is 0 Å². The number of hydrogen-bond donors (Lipinski definition) is 2. The molecule has 2 N–H and O–H groups in total. The predicted octanol–water partition coefficient (Wildman–Crippen LogP) is 4.37. The van der Waals surface area contributed by atoms with Crippen LogP contribution in [-0.2, 0) is 13.0 Å². The van der Waals surface area contributed by atoms with Gasteiger partial charge in [0.15, 0.2) is 0 Å². The third-order valence-electron chi connectivity index (χ3n) is 3.92.